The molecule has 4 amide bonds. The minimum Gasteiger partial charge on any atom is -0.507 e. The molecule has 0 saturated carbocycles. The molecule has 0 aromatic heterocycles. The molecule has 8 atom stereocenters. The van der Waals surface area contributed by atoms with E-state index in [0.717, 1.165) is 5.69 Å². The number of aliphatic hydroxyl groups excluding tert-OH is 5. The molecular formula is C35H49N6O13+. The summed E-state index contributed by atoms with van der Waals surface area (Å²) in [6.07, 6.45) is -4.80. The van der Waals surface area contributed by atoms with E-state index in [2.05, 4.69) is 26.3 Å². The van der Waals surface area contributed by atoms with Crippen LogP contribution < -0.4 is 25.8 Å². The van der Waals surface area contributed by atoms with Gasteiger partial charge in [0.05, 0.1) is 63.6 Å². The number of phenols is 3. The van der Waals surface area contributed by atoms with Crippen molar-refractivity contribution in [1.29, 1.82) is 0 Å². The number of fused-ring (bicyclic) bond motifs is 1. The summed E-state index contributed by atoms with van der Waals surface area (Å²) in [5, 5.41) is 90.6. The minimum atomic E-state index is -1.68. The molecule has 19 nitrogen and oxygen atoms in total. The number of carbonyl (C=O) groups excluding carboxylic acids is 4. The summed E-state index contributed by atoms with van der Waals surface area (Å²) in [5.74, 6) is -4.37. The topological polar surface area (TPSA) is 300 Å². The van der Waals surface area contributed by atoms with Crippen LogP contribution in [0.3, 0.4) is 0 Å². The average Bonchev–Trinajstić information content (AvgIpc) is 3.59. The van der Waals surface area contributed by atoms with Gasteiger partial charge in [0.15, 0.2) is 11.5 Å². The van der Waals surface area contributed by atoms with Gasteiger partial charge in [-0.05, 0) is 25.1 Å². The first kappa shape index (κ1) is 41.7. The molecule has 2 aromatic rings. The predicted molar refractivity (Wildman–Crippen MR) is 191 cm³/mol. The van der Waals surface area contributed by atoms with Crippen LogP contribution in [0.15, 0.2) is 41.4 Å². The van der Waals surface area contributed by atoms with Gasteiger partial charge in [-0.3, -0.25) is 23.7 Å². The molecule has 0 fully saturated rings. The summed E-state index contributed by atoms with van der Waals surface area (Å²) < 4.78 is 5.71. The quantitative estimate of drug-likeness (QED) is 0.0587. The summed E-state index contributed by atoms with van der Waals surface area (Å²) in [6.45, 7) is -0.307. The number of nitrogens with one attached hydrogen (secondary N) is 4. The molecule has 4 rings (SSSR count). The molecule has 12 N–H and O–H groups in total. The summed E-state index contributed by atoms with van der Waals surface area (Å²) in [7, 11) is 3.67. The number of rotatable bonds is 16. The maximum absolute atomic E-state index is 13.1. The highest BCUT2D eigenvalue weighted by atomic mass is 16.5. The molecule has 2 aliphatic rings. The highest BCUT2D eigenvalue weighted by Gasteiger charge is 2.38. The third-order valence-corrected chi connectivity index (χ3v) is 9.22. The molecular weight excluding hydrogens is 712 g/mol. The Morgan fingerprint density at radius 2 is 1.52 bits per heavy atom. The van der Waals surface area contributed by atoms with Crippen LogP contribution in [0.5, 0.6) is 17.2 Å². The number of carbonyl (C=O) groups is 4. The van der Waals surface area contributed by atoms with E-state index in [0.29, 0.717) is 17.7 Å². The van der Waals surface area contributed by atoms with E-state index in [9.17, 15) is 60.0 Å². The average molecular weight is 762 g/mol. The van der Waals surface area contributed by atoms with E-state index in [1.165, 1.54) is 25.1 Å². The lowest BCUT2D eigenvalue weighted by Gasteiger charge is -2.39. The van der Waals surface area contributed by atoms with Crippen LogP contribution in [0.4, 0.5) is 5.69 Å². The largest absolute Gasteiger partial charge is 0.507 e. The van der Waals surface area contributed by atoms with Gasteiger partial charge in [0, 0.05) is 24.5 Å². The van der Waals surface area contributed by atoms with Crippen molar-refractivity contribution in [2.75, 3.05) is 40.5 Å². The second kappa shape index (κ2) is 17.9. The number of aromatic hydroxyl groups is 3. The van der Waals surface area contributed by atoms with E-state index in [-0.39, 0.29) is 47.1 Å². The van der Waals surface area contributed by atoms with Gasteiger partial charge in [0.25, 0.3) is 0 Å². The van der Waals surface area contributed by atoms with Gasteiger partial charge in [-0.2, -0.15) is 0 Å². The molecule has 0 bridgehead atoms. The number of ether oxygens (including phenoxy) is 1. The first-order valence-corrected chi connectivity index (χ1v) is 17.3. The van der Waals surface area contributed by atoms with E-state index in [1.54, 1.807) is 18.2 Å². The van der Waals surface area contributed by atoms with Gasteiger partial charge in [-0.25, -0.2) is 4.99 Å². The molecule has 2 aromatic carbocycles. The summed E-state index contributed by atoms with van der Waals surface area (Å²) >= 11 is 0. The van der Waals surface area contributed by atoms with E-state index < -0.39 is 91.8 Å². The Balaban J connectivity index is 1.28. The van der Waals surface area contributed by atoms with Crippen molar-refractivity contribution in [2.24, 2.45) is 4.99 Å². The van der Waals surface area contributed by atoms with E-state index >= 15 is 0 Å². The highest BCUT2D eigenvalue weighted by molar-refractivity contribution is 5.97. The zero-order chi connectivity index (χ0) is 39.9. The third-order valence-electron chi connectivity index (χ3n) is 9.22. The van der Waals surface area contributed by atoms with Crippen molar-refractivity contribution >= 4 is 35.2 Å². The zero-order valence-corrected chi connectivity index (χ0v) is 30.0. The fraction of sp³-hybridized carbons (Fsp3) is 0.514. The Labute approximate surface area is 310 Å². The summed E-state index contributed by atoms with van der Waals surface area (Å²) in [6, 6.07) is 3.03. The molecule has 2 aliphatic heterocycles. The Morgan fingerprint density at radius 1 is 0.889 bits per heavy atom. The van der Waals surface area contributed by atoms with Gasteiger partial charge >= 0.3 is 0 Å². The Kier molecular flexibility index (Phi) is 13.8. The fourth-order valence-corrected chi connectivity index (χ4v) is 6.39. The van der Waals surface area contributed by atoms with Crippen molar-refractivity contribution in [3.8, 4) is 17.2 Å². The summed E-state index contributed by atoms with van der Waals surface area (Å²) in [4.78, 5) is 56.2. The standard InChI is InChI=1S/C35H48N6O13/c1-17(44)31(40-30(50)11-20(45)10-27(47)24-16-54-35(39-24)21-6-4-5-7-26(21)46)34(53)38-23(15-43)33(52)37-22(14-42)32(51)36-19-8-18-9-28(48)29(49)12-25(18)41(2,3)13-19/h4-7,9,12,17,19-20,22-24,27,31,42-45,47H,8,10-11,13-16H2,1-3H3,(H6-,36,37,38,39,40,46,48,49,50,51,52,53)/p+1. The lowest BCUT2D eigenvalue weighted by atomic mass is 9.95. The van der Waals surface area contributed by atoms with Crippen LogP contribution in [0.2, 0.25) is 0 Å². The molecule has 8 unspecified atom stereocenters. The number of para-hydroxylation sites is 1. The number of aliphatic hydroxyl groups is 5. The Morgan fingerprint density at radius 3 is 2.17 bits per heavy atom. The van der Waals surface area contributed by atoms with Crippen LogP contribution in [0, 0.1) is 0 Å². The van der Waals surface area contributed by atoms with Crippen LogP contribution in [0.25, 0.3) is 0 Å². The normalized spacial score (nSPS) is 20.8. The highest BCUT2D eigenvalue weighted by Crippen LogP contribution is 2.38. The molecule has 296 valence electrons. The van der Waals surface area contributed by atoms with E-state index in [4.69, 9.17) is 4.74 Å². The lowest BCUT2D eigenvalue weighted by molar-refractivity contribution is -0.136. The van der Waals surface area contributed by atoms with Crippen molar-refractivity contribution < 1.29 is 64.8 Å². The maximum Gasteiger partial charge on any atom is 0.245 e. The second-order valence-corrected chi connectivity index (χ2v) is 14.0. The van der Waals surface area contributed by atoms with Gasteiger partial charge < -0.3 is 66.9 Å². The maximum atomic E-state index is 13.1. The third kappa shape index (κ3) is 10.3. The first-order chi connectivity index (χ1) is 25.4. The van der Waals surface area contributed by atoms with Crippen molar-refractivity contribution in [3.63, 3.8) is 0 Å². The number of likely N-dealkylation sites (N-methyl/N-ethyl adjacent to an activating group) is 1. The van der Waals surface area contributed by atoms with Gasteiger partial charge in [0.2, 0.25) is 29.5 Å². The van der Waals surface area contributed by atoms with Crippen molar-refractivity contribution in [3.05, 3.63) is 47.5 Å². The van der Waals surface area contributed by atoms with Crippen molar-refractivity contribution in [2.45, 2.75) is 74.7 Å². The van der Waals surface area contributed by atoms with Crippen LogP contribution in [0.1, 0.15) is 30.9 Å². The predicted octanol–water partition coefficient (Wildman–Crippen LogP) is -3.42. The van der Waals surface area contributed by atoms with Gasteiger partial charge in [-0.1, -0.05) is 12.1 Å². The molecule has 0 radical (unpaired) electrons. The number of benzene rings is 2. The smallest absolute Gasteiger partial charge is 0.245 e. The molecule has 2 heterocycles. The fourth-order valence-electron chi connectivity index (χ4n) is 6.39. The number of quaternary nitrogens is 1. The minimum absolute atomic E-state index is 0.0382. The SMILES string of the molecule is CC(O)C(NC(=O)CC(O)CC(O)C1COC(c2ccccc2O)=N1)C(=O)NC(CO)C(=O)NC(CO)C(=O)NC1Cc2cc(O)c(O)cc2[N+](C)(C)C1. The molecule has 19 heteroatoms. The number of hydrogen-bond acceptors (Lipinski definition) is 14. The number of hydrogen-bond donors (Lipinski definition) is 12. The van der Waals surface area contributed by atoms with Gasteiger partial charge in [0.1, 0.15) is 48.8 Å². The number of nitrogens with zero attached hydrogens (tertiary/aromatic N) is 2. The van der Waals surface area contributed by atoms with Crippen LogP contribution in [-0.4, -0.2) is 159 Å². The molecule has 54 heavy (non-hydrogen) atoms. The molecule has 0 spiro atoms. The van der Waals surface area contributed by atoms with E-state index in [1.807, 2.05) is 14.1 Å². The Bertz CT molecular complexity index is 1720. The first-order valence-electron chi connectivity index (χ1n) is 17.3. The Hall–Kier alpha value is -5.05. The number of phenolic OH excluding ortho intramolecular Hbond substituents is 3. The molecule has 0 saturated heterocycles. The number of amides is 4. The lowest BCUT2D eigenvalue weighted by Crippen LogP contribution is -2.62. The van der Waals surface area contributed by atoms with Crippen LogP contribution in [-0.2, 0) is 30.3 Å². The van der Waals surface area contributed by atoms with Gasteiger partial charge in [-0.15, -0.1) is 0 Å². The second-order valence-electron chi connectivity index (χ2n) is 14.0. The monoisotopic (exact) mass is 761 g/mol. The van der Waals surface area contributed by atoms with Crippen LogP contribution >= 0.6 is 0 Å². The summed E-state index contributed by atoms with van der Waals surface area (Å²) in [5.41, 5.74) is 1.73. The zero-order valence-electron chi connectivity index (χ0n) is 30.0. The molecule has 0 aliphatic carbocycles. The van der Waals surface area contributed by atoms with Crippen molar-refractivity contribution in [1.82, 2.24) is 25.8 Å². The number of aliphatic imine (C=N–C) groups is 1.